The Hall–Kier alpha value is -1.43. The molecule has 310 valence electrons. The number of esters is 1. The Morgan fingerprint density at radius 3 is 1.87 bits per heavy atom. The first-order valence-corrected chi connectivity index (χ1v) is 19.3. The van der Waals surface area contributed by atoms with Crippen molar-refractivity contribution in [3.8, 4) is 0 Å². The molecule has 0 aromatic rings. The Kier molecular flexibility index (Phi) is 14.4. The summed E-state index contributed by atoms with van der Waals surface area (Å²) >= 11 is 0. The lowest BCUT2D eigenvalue weighted by Gasteiger charge is -2.51. The van der Waals surface area contributed by atoms with Gasteiger partial charge >= 0.3 is 5.97 Å². The summed E-state index contributed by atoms with van der Waals surface area (Å²) in [5.41, 5.74) is 0. The van der Waals surface area contributed by atoms with Crippen LogP contribution in [-0.2, 0) is 33.2 Å². The maximum Gasteiger partial charge on any atom is 0.330 e. The van der Waals surface area contributed by atoms with Crippen molar-refractivity contribution in [2.24, 2.45) is 17.8 Å². The molecule has 3 heterocycles. The van der Waals surface area contributed by atoms with E-state index in [0.717, 1.165) is 6.08 Å². The molecule has 6 aliphatic rings. The summed E-state index contributed by atoms with van der Waals surface area (Å²) < 4.78 is 36.4. The molecule has 3 aliphatic heterocycles. The van der Waals surface area contributed by atoms with Gasteiger partial charge in [0.1, 0.15) is 42.7 Å². The standard InChI is InChI=1S/C36H58O18/c37-13-25-29(46)31(48)34(35(51-25)50-24-12-19-21(42)10-18(40)11-23(19)49-32(24)16-3-5-17(39)6-4-16)54-36-33(30(47)28(45)26(14-38)52-36)53-27(44)8-2-15-1-7-20(41)22(43)9-15/h2,8,15-26,28-43,45-48H,1,3-7,9-14H2. The molecule has 0 radical (unpaired) electrons. The van der Waals surface area contributed by atoms with Crippen LogP contribution in [-0.4, -0.2) is 186 Å². The van der Waals surface area contributed by atoms with Crippen LogP contribution in [0.4, 0.5) is 0 Å². The van der Waals surface area contributed by atoms with E-state index >= 15 is 0 Å². The van der Waals surface area contributed by atoms with Gasteiger partial charge in [0.05, 0.1) is 62.0 Å². The maximum atomic E-state index is 13.0. The Morgan fingerprint density at radius 1 is 0.611 bits per heavy atom. The number of aliphatic hydroxyl groups excluding tert-OH is 11. The summed E-state index contributed by atoms with van der Waals surface area (Å²) in [5.74, 6) is -1.76. The molecule has 0 bridgehead atoms. The van der Waals surface area contributed by atoms with Crippen molar-refractivity contribution >= 4 is 5.97 Å². The van der Waals surface area contributed by atoms with Gasteiger partial charge in [0.25, 0.3) is 0 Å². The van der Waals surface area contributed by atoms with Gasteiger partial charge in [-0.2, -0.15) is 0 Å². The van der Waals surface area contributed by atoms with Crippen molar-refractivity contribution in [1.29, 1.82) is 0 Å². The van der Waals surface area contributed by atoms with Gasteiger partial charge in [-0.25, -0.2) is 4.79 Å². The first-order valence-electron chi connectivity index (χ1n) is 19.3. The van der Waals surface area contributed by atoms with Crippen LogP contribution >= 0.6 is 0 Å². The van der Waals surface area contributed by atoms with Crippen molar-refractivity contribution in [2.75, 3.05) is 13.2 Å². The molecule has 0 spiro atoms. The molecule has 18 nitrogen and oxygen atoms in total. The highest BCUT2D eigenvalue weighted by atomic mass is 16.8. The third-order valence-electron chi connectivity index (χ3n) is 12.2. The van der Waals surface area contributed by atoms with E-state index in [4.69, 9.17) is 28.4 Å². The molecule has 11 N–H and O–H groups in total. The second-order valence-electron chi connectivity index (χ2n) is 16.0. The zero-order valence-corrected chi connectivity index (χ0v) is 30.0. The van der Waals surface area contributed by atoms with Crippen molar-refractivity contribution < 1.29 is 89.4 Å². The zero-order chi connectivity index (χ0) is 38.8. The number of carbonyl (C=O) groups excluding carboxylic acids is 1. The smallest absolute Gasteiger partial charge is 0.330 e. The van der Waals surface area contributed by atoms with Gasteiger partial charge in [-0.1, -0.05) is 6.08 Å². The number of rotatable bonds is 10. The van der Waals surface area contributed by atoms with Gasteiger partial charge in [-0.3, -0.25) is 0 Å². The molecule has 54 heavy (non-hydrogen) atoms. The van der Waals surface area contributed by atoms with Gasteiger partial charge in [0, 0.05) is 12.0 Å². The second-order valence-corrected chi connectivity index (χ2v) is 16.0. The van der Waals surface area contributed by atoms with Crippen molar-refractivity contribution in [3.63, 3.8) is 0 Å². The number of hydrogen-bond acceptors (Lipinski definition) is 18. The van der Waals surface area contributed by atoms with Crippen LogP contribution in [0.25, 0.3) is 0 Å². The normalized spacial score (nSPS) is 50.4. The minimum absolute atomic E-state index is 0.0925. The predicted molar refractivity (Wildman–Crippen MR) is 180 cm³/mol. The number of allylic oxidation sites excluding steroid dienone is 1. The van der Waals surface area contributed by atoms with E-state index < -0.39 is 135 Å². The van der Waals surface area contributed by atoms with Crippen LogP contribution < -0.4 is 0 Å². The second kappa shape index (κ2) is 18.4. The molecule has 0 aromatic carbocycles. The lowest BCUT2D eigenvalue weighted by Crippen LogP contribution is -2.66. The molecule has 19 atom stereocenters. The Balaban J connectivity index is 1.23. The molecule has 0 aromatic heterocycles. The molecular formula is C36H58O18. The van der Waals surface area contributed by atoms with Gasteiger partial charge in [-0.15, -0.1) is 0 Å². The average Bonchev–Trinajstić information content (AvgIpc) is 3.14. The van der Waals surface area contributed by atoms with E-state index in [0.29, 0.717) is 44.9 Å². The number of aliphatic hydroxyl groups is 11. The fraction of sp³-hybridized carbons (Fsp3) is 0.917. The molecule has 3 saturated carbocycles. The van der Waals surface area contributed by atoms with Crippen LogP contribution in [0.15, 0.2) is 12.2 Å². The average molecular weight is 779 g/mol. The minimum atomic E-state index is -1.86. The highest BCUT2D eigenvalue weighted by Crippen LogP contribution is 2.44. The quantitative estimate of drug-likeness (QED) is 0.0756. The molecule has 19 unspecified atom stereocenters. The Bertz CT molecular complexity index is 1230. The summed E-state index contributed by atoms with van der Waals surface area (Å²) in [7, 11) is 0. The molecule has 3 saturated heterocycles. The molecule has 18 heteroatoms. The summed E-state index contributed by atoms with van der Waals surface area (Å²) in [5, 5.41) is 115. The van der Waals surface area contributed by atoms with Crippen LogP contribution in [0.2, 0.25) is 0 Å². The van der Waals surface area contributed by atoms with E-state index in [2.05, 4.69) is 0 Å². The van der Waals surface area contributed by atoms with Gasteiger partial charge in [0.2, 0.25) is 0 Å². The molecule has 6 fully saturated rings. The predicted octanol–water partition coefficient (Wildman–Crippen LogP) is -3.53. The number of ether oxygens (including phenoxy) is 6. The highest BCUT2D eigenvalue weighted by Gasteiger charge is 2.55. The maximum absolute atomic E-state index is 13.0. The molecule has 6 rings (SSSR count). The van der Waals surface area contributed by atoms with E-state index in [1.54, 1.807) is 0 Å². The lowest BCUT2D eigenvalue weighted by molar-refractivity contribution is -0.379. The summed E-state index contributed by atoms with van der Waals surface area (Å²) in [6.45, 7) is -1.51. The Morgan fingerprint density at radius 2 is 1.24 bits per heavy atom. The van der Waals surface area contributed by atoms with Gasteiger partial charge in [-0.05, 0) is 76.0 Å². The summed E-state index contributed by atoms with van der Waals surface area (Å²) in [4.78, 5) is 13.0. The fourth-order valence-electron chi connectivity index (χ4n) is 9.03. The number of carbonyl (C=O) groups is 1. The van der Waals surface area contributed by atoms with Crippen LogP contribution in [0.3, 0.4) is 0 Å². The van der Waals surface area contributed by atoms with E-state index in [-0.39, 0.29) is 31.1 Å². The monoisotopic (exact) mass is 778 g/mol. The van der Waals surface area contributed by atoms with Gasteiger partial charge in [0.15, 0.2) is 18.7 Å². The lowest BCUT2D eigenvalue weighted by atomic mass is 9.73. The topological polar surface area (TPSA) is 295 Å². The SMILES string of the molecule is O=C(C=CC1CCC(O)C(O)C1)OC1C(OC2C(OC3CC4C(O)CC(O)CC4OC3C3CCC(O)CC3)OC(CO)C(O)C2O)OC(CO)C(O)C1O. The Labute approximate surface area is 312 Å². The third kappa shape index (κ3) is 9.47. The first kappa shape index (κ1) is 42.2. The van der Waals surface area contributed by atoms with E-state index in [1.807, 2.05) is 0 Å². The molecular weight excluding hydrogens is 720 g/mol. The van der Waals surface area contributed by atoms with E-state index in [9.17, 15) is 61.0 Å². The molecule has 0 amide bonds. The largest absolute Gasteiger partial charge is 0.451 e. The zero-order valence-electron chi connectivity index (χ0n) is 30.0. The van der Waals surface area contributed by atoms with Crippen molar-refractivity contribution in [3.05, 3.63) is 12.2 Å². The number of hydrogen-bond donors (Lipinski definition) is 11. The summed E-state index contributed by atoms with van der Waals surface area (Å²) in [6, 6.07) is 0. The van der Waals surface area contributed by atoms with Crippen LogP contribution in [0.1, 0.15) is 64.2 Å². The van der Waals surface area contributed by atoms with E-state index in [1.165, 1.54) is 6.08 Å². The number of fused-ring (bicyclic) bond motifs is 1. The fourth-order valence-corrected chi connectivity index (χ4v) is 9.03. The first-order chi connectivity index (χ1) is 25.8. The third-order valence-corrected chi connectivity index (χ3v) is 12.2. The minimum Gasteiger partial charge on any atom is -0.451 e. The van der Waals surface area contributed by atoms with Crippen molar-refractivity contribution in [2.45, 2.75) is 174 Å². The highest BCUT2D eigenvalue weighted by molar-refractivity contribution is 5.82. The van der Waals surface area contributed by atoms with Crippen molar-refractivity contribution in [1.82, 2.24) is 0 Å². The summed E-state index contributed by atoms with van der Waals surface area (Å²) in [6.07, 6.45) is -15.9. The van der Waals surface area contributed by atoms with Crippen LogP contribution in [0.5, 0.6) is 0 Å². The van der Waals surface area contributed by atoms with Gasteiger partial charge < -0.3 is 84.6 Å². The van der Waals surface area contributed by atoms with Crippen LogP contribution in [0, 0.1) is 17.8 Å². The molecule has 3 aliphatic carbocycles.